The fraction of sp³-hybridized carbons (Fsp3) is 0.250. The van der Waals surface area contributed by atoms with E-state index < -0.39 is 10.0 Å². The molecule has 0 radical (unpaired) electrons. The van der Waals surface area contributed by atoms with Gasteiger partial charge in [-0.05, 0) is 31.0 Å². The minimum atomic E-state index is -3.65. The van der Waals surface area contributed by atoms with E-state index in [9.17, 15) is 13.2 Å². The molecule has 0 spiro atoms. The molecule has 8 heteroatoms. The first kappa shape index (κ1) is 15.2. The Morgan fingerprint density at radius 2 is 2.15 bits per heavy atom. The summed E-state index contributed by atoms with van der Waals surface area (Å²) < 4.78 is 26.6. The molecule has 2 aromatic rings. The molecule has 0 aliphatic heterocycles. The molecule has 1 aromatic carbocycles. The molecule has 20 heavy (non-hydrogen) atoms. The van der Waals surface area contributed by atoms with Crippen LogP contribution in [0, 0.1) is 6.92 Å². The van der Waals surface area contributed by atoms with Crippen molar-refractivity contribution in [3.05, 3.63) is 50.2 Å². The quantitative estimate of drug-likeness (QED) is 0.878. The minimum absolute atomic E-state index is 0.0357. The van der Waals surface area contributed by atoms with E-state index in [-0.39, 0.29) is 15.6 Å². The van der Waals surface area contributed by atoms with Gasteiger partial charge < -0.3 is 4.98 Å². The Kier molecular flexibility index (Phi) is 4.64. The summed E-state index contributed by atoms with van der Waals surface area (Å²) in [5.41, 5.74) is 1.30. The third kappa shape index (κ3) is 3.69. The molecule has 2 rings (SSSR count). The maximum Gasteiger partial charge on any atom is 0.305 e. The molecule has 0 atom stereocenters. The van der Waals surface area contributed by atoms with Crippen LogP contribution in [-0.2, 0) is 16.4 Å². The lowest BCUT2D eigenvalue weighted by atomic mass is 10.2. The standard InChI is InChI=1S/C12H13ClN2O3S2/c1-8-11(19-12(16)15-8)20(17,18)14-6-5-9-3-2-4-10(13)7-9/h2-4,7,14H,5-6H2,1H3,(H,15,16). The largest absolute Gasteiger partial charge is 0.315 e. The third-order valence-corrected chi connectivity index (χ3v) is 5.92. The highest BCUT2D eigenvalue weighted by atomic mass is 35.5. The van der Waals surface area contributed by atoms with Gasteiger partial charge in [-0.25, -0.2) is 13.1 Å². The van der Waals surface area contributed by atoms with Crippen molar-refractivity contribution in [2.24, 2.45) is 0 Å². The van der Waals surface area contributed by atoms with E-state index in [0.29, 0.717) is 28.5 Å². The Bertz CT molecular complexity index is 765. The summed E-state index contributed by atoms with van der Waals surface area (Å²) in [5, 5.41) is 0.616. The minimum Gasteiger partial charge on any atom is -0.315 e. The van der Waals surface area contributed by atoms with Crippen molar-refractivity contribution in [2.45, 2.75) is 17.6 Å². The molecule has 0 unspecified atom stereocenters. The molecule has 0 fully saturated rings. The highest BCUT2D eigenvalue weighted by Gasteiger charge is 2.19. The summed E-state index contributed by atoms with van der Waals surface area (Å²) >= 11 is 6.54. The highest BCUT2D eigenvalue weighted by Crippen LogP contribution is 2.15. The first-order chi connectivity index (χ1) is 9.38. The summed E-state index contributed by atoms with van der Waals surface area (Å²) in [7, 11) is -3.65. The van der Waals surface area contributed by atoms with Crippen LogP contribution in [0.5, 0.6) is 0 Å². The van der Waals surface area contributed by atoms with Crippen molar-refractivity contribution < 1.29 is 8.42 Å². The van der Waals surface area contributed by atoms with Crippen molar-refractivity contribution in [2.75, 3.05) is 6.54 Å². The van der Waals surface area contributed by atoms with Crippen LogP contribution in [0.15, 0.2) is 33.3 Å². The van der Waals surface area contributed by atoms with Crippen molar-refractivity contribution in [3.8, 4) is 0 Å². The van der Waals surface area contributed by atoms with Gasteiger partial charge in [0.15, 0.2) is 4.21 Å². The Morgan fingerprint density at radius 1 is 1.40 bits per heavy atom. The zero-order chi connectivity index (χ0) is 14.8. The molecule has 1 aromatic heterocycles. The van der Waals surface area contributed by atoms with Crippen molar-refractivity contribution >= 4 is 33.0 Å². The van der Waals surface area contributed by atoms with Crippen LogP contribution in [0.3, 0.4) is 0 Å². The third-order valence-electron chi connectivity index (χ3n) is 2.62. The van der Waals surface area contributed by atoms with E-state index in [1.165, 1.54) is 0 Å². The number of aromatic amines is 1. The number of aryl methyl sites for hydroxylation is 1. The van der Waals surface area contributed by atoms with Crippen molar-refractivity contribution in [1.29, 1.82) is 0 Å². The van der Waals surface area contributed by atoms with Gasteiger partial charge in [0.1, 0.15) is 0 Å². The normalized spacial score (nSPS) is 11.7. The van der Waals surface area contributed by atoms with E-state index in [0.717, 1.165) is 5.56 Å². The van der Waals surface area contributed by atoms with E-state index in [1.54, 1.807) is 19.1 Å². The summed E-state index contributed by atoms with van der Waals surface area (Å²) in [6.07, 6.45) is 0.526. The Labute approximate surface area is 125 Å². The number of hydrogen-bond donors (Lipinski definition) is 2. The fourth-order valence-corrected chi connectivity index (χ4v) is 4.32. The van der Waals surface area contributed by atoms with Crippen LogP contribution >= 0.6 is 22.9 Å². The zero-order valence-corrected chi connectivity index (χ0v) is 13.0. The molecule has 2 N–H and O–H groups in total. The Balaban J connectivity index is 2.03. The molecular formula is C12H13ClN2O3S2. The highest BCUT2D eigenvalue weighted by molar-refractivity contribution is 7.91. The van der Waals surface area contributed by atoms with Gasteiger partial charge in [0.25, 0.3) is 10.0 Å². The molecule has 5 nitrogen and oxygen atoms in total. The first-order valence-electron chi connectivity index (χ1n) is 5.82. The smallest absolute Gasteiger partial charge is 0.305 e. The number of hydrogen-bond acceptors (Lipinski definition) is 4. The molecule has 108 valence electrons. The molecule has 0 aliphatic carbocycles. The van der Waals surface area contributed by atoms with Crippen molar-refractivity contribution in [3.63, 3.8) is 0 Å². The second-order valence-corrected chi connectivity index (χ2v) is 7.59. The molecule has 0 aliphatic rings. The number of benzene rings is 1. The predicted molar refractivity (Wildman–Crippen MR) is 80.0 cm³/mol. The van der Waals surface area contributed by atoms with Gasteiger partial charge in [-0.3, -0.25) is 4.79 Å². The van der Waals surface area contributed by atoms with Gasteiger partial charge in [-0.1, -0.05) is 35.1 Å². The molecule has 1 heterocycles. The predicted octanol–water partition coefficient (Wildman–Crippen LogP) is 1.92. The Morgan fingerprint density at radius 3 is 2.75 bits per heavy atom. The molecule has 0 saturated heterocycles. The van der Waals surface area contributed by atoms with Gasteiger partial charge in [0, 0.05) is 17.3 Å². The summed E-state index contributed by atoms with van der Waals surface area (Å²) in [6.45, 7) is 1.80. The van der Waals surface area contributed by atoms with Gasteiger partial charge in [-0.15, -0.1) is 0 Å². The average Bonchev–Trinajstić information content (AvgIpc) is 2.69. The average molecular weight is 333 g/mol. The number of rotatable bonds is 5. The van der Waals surface area contributed by atoms with Gasteiger partial charge in [0.05, 0.1) is 0 Å². The van der Waals surface area contributed by atoms with Crippen LogP contribution in [0.1, 0.15) is 11.3 Å². The number of sulfonamides is 1. The summed E-state index contributed by atoms with van der Waals surface area (Å²) in [5.74, 6) is 0. The number of halogens is 1. The lowest BCUT2D eigenvalue weighted by Gasteiger charge is -2.05. The van der Waals surface area contributed by atoms with Crippen LogP contribution in [-0.4, -0.2) is 19.9 Å². The summed E-state index contributed by atoms with van der Waals surface area (Å²) in [4.78, 5) is 13.2. The van der Waals surface area contributed by atoms with Crippen LogP contribution in [0.2, 0.25) is 5.02 Å². The van der Waals surface area contributed by atoms with E-state index >= 15 is 0 Å². The molecule has 0 saturated carbocycles. The number of H-pyrrole nitrogens is 1. The van der Waals surface area contributed by atoms with Crippen molar-refractivity contribution in [1.82, 2.24) is 9.71 Å². The van der Waals surface area contributed by atoms with E-state index in [4.69, 9.17) is 11.6 Å². The van der Waals surface area contributed by atoms with Crippen LogP contribution in [0.25, 0.3) is 0 Å². The van der Waals surface area contributed by atoms with Gasteiger partial charge >= 0.3 is 4.87 Å². The number of aromatic nitrogens is 1. The number of thiazole rings is 1. The Hall–Kier alpha value is -1.15. The SMILES string of the molecule is Cc1[nH]c(=O)sc1S(=O)(=O)NCCc1cccc(Cl)c1. The molecule has 0 bridgehead atoms. The maximum absolute atomic E-state index is 12.0. The lowest BCUT2D eigenvalue weighted by Crippen LogP contribution is -2.25. The molecule has 0 amide bonds. The molecular weight excluding hydrogens is 320 g/mol. The van der Waals surface area contributed by atoms with Gasteiger partial charge in [0.2, 0.25) is 0 Å². The van der Waals surface area contributed by atoms with Crippen LogP contribution in [0.4, 0.5) is 0 Å². The fourth-order valence-electron chi connectivity index (χ4n) is 1.73. The van der Waals surface area contributed by atoms with Gasteiger partial charge in [-0.2, -0.15) is 0 Å². The second-order valence-electron chi connectivity index (χ2n) is 4.20. The summed E-state index contributed by atoms with van der Waals surface area (Å²) in [6, 6.07) is 7.24. The van der Waals surface area contributed by atoms with E-state index in [1.807, 2.05) is 12.1 Å². The lowest BCUT2D eigenvalue weighted by molar-refractivity contribution is 0.583. The topological polar surface area (TPSA) is 79.0 Å². The van der Waals surface area contributed by atoms with E-state index in [2.05, 4.69) is 9.71 Å². The number of nitrogens with one attached hydrogen (secondary N) is 2. The second kappa shape index (κ2) is 6.09. The van der Waals surface area contributed by atoms with Crippen LogP contribution < -0.4 is 9.60 Å². The monoisotopic (exact) mass is 332 g/mol. The first-order valence-corrected chi connectivity index (χ1v) is 8.50. The zero-order valence-electron chi connectivity index (χ0n) is 10.6. The maximum atomic E-state index is 12.0.